The molecule has 34 heavy (non-hydrogen) atoms. The van der Waals surface area contributed by atoms with Crippen LogP contribution in [0, 0.1) is 0 Å². The van der Waals surface area contributed by atoms with Crippen molar-refractivity contribution in [2.75, 3.05) is 33.2 Å². The van der Waals surface area contributed by atoms with E-state index in [1.54, 1.807) is 12.1 Å². The number of benzene rings is 3. The fraction of sp³-hybridized carbons (Fsp3) is 0.214. The third-order valence-electron chi connectivity index (χ3n) is 7.01. The molecule has 0 spiro atoms. The minimum atomic E-state index is 0.120. The Morgan fingerprint density at radius 1 is 0.882 bits per heavy atom. The van der Waals surface area contributed by atoms with Crippen LogP contribution in [0.1, 0.15) is 21.5 Å². The number of H-pyrrole nitrogens is 1. The Hall–Kier alpha value is -3.90. The van der Waals surface area contributed by atoms with Gasteiger partial charge in [0.25, 0.3) is 5.91 Å². The topological polar surface area (TPSA) is 72.5 Å². The highest BCUT2D eigenvalue weighted by atomic mass is 16.3. The molecule has 0 saturated carbocycles. The number of nitrogens with zero attached hydrogens (tertiary/aromatic N) is 3. The highest BCUT2D eigenvalue weighted by molar-refractivity contribution is 5.96. The van der Waals surface area contributed by atoms with Gasteiger partial charge in [0, 0.05) is 54.9 Å². The minimum absolute atomic E-state index is 0.120. The molecule has 2 heterocycles. The van der Waals surface area contributed by atoms with E-state index in [0.29, 0.717) is 0 Å². The molecule has 1 aromatic heterocycles. The number of carbonyl (C=O) groups excluding carboxylic acids is 1. The first kappa shape index (κ1) is 20.7. The standard InChI is InChI=1S/C28H26N4O2/c1-31-12-14-32(15-13-31)28(34)21-8-11-24-22(16-21)17-25-26(29-30-27(24)25)20-4-2-18(3-5-20)19-6-9-23(33)10-7-19/h2-11,16,33H,12-15,17H2,1H3,(H,29,30). The number of rotatable bonds is 3. The lowest BCUT2D eigenvalue weighted by Gasteiger charge is -2.32. The maximum atomic E-state index is 13.0. The monoisotopic (exact) mass is 450 g/mol. The summed E-state index contributed by atoms with van der Waals surface area (Å²) in [5.74, 6) is 0.384. The van der Waals surface area contributed by atoms with Gasteiger partial charge in [-0.05, 0) is 48.0 Å². The van der Waals surface area contributed by atoms with Gasteiger partial charge >= 0.3 is 0 Å². The van der Waals surface area contributed by atoms with E-state index in [4.69, 9.17) is 0 Å². The van der Waals surface area contributed by atoms with Gasteiger partial charge in [-0.1, -0.05) is 42.5 Å². The van der Waals surface area contributed by atoms with Crippen LogP contribution in [-0.4, -0.2) is 64.2 Å². The summed E-state index contributed by atoms with van der Waals surface area (Å²) in [6.07, 6.45) is 0.764. The van der Waals surface area contributed by atoms with E-state index in [1.807, 2.05) is 23.1 Å². The van der Waals surface area contributed by atoms with Gasteiger partial charge in [-0.25, -0.2) is 0 Å². The van der Waals surface area contributed by atoms with Crippen molar-refractivity contribution in [2.24, 2.45) is 0 Å². The zero-order valence-electron chi connectivity index (χ0n) is 19.1. The molecule has 0 radical (unpaired) electrons. The normalized spacial score (nSPS) is 15.3. The minimum Gasteiger partial charge on any atom is -0.508 e. The van der Waals surface area contributed by atoms with Crippen molar-refractivity contribution in [2.45, 2.75) is 6.42 Å². The Balaban J connectivity index is 1.24. The van der Waals surface area contributed by atoms with Crippen molar-refractivity contribution >= 4 is 5.91 Å². The first-order valence-corrected chi connectivity index (χ1v) is 11.6. The fourth-order valence-corrected chi connectivity index (χ4v) is 4.97. The van der Waals surface area contributed by atoms with E-state index < -0.39 is 0 Å². The fourth-order valence-electron chi connectivity index (χ4n) is 4.97. The molecule has 1 saturated heterocycles. The number of piperazine rings is 1. The number of hydrogen-bond donors (Lipinski definition) is 2. The third-order valence-corrected chi connectivity index (χ3v) is 7.01. The van der Waals surface area contributed by atoms with Crippen molar-refractivity contribution in [3.05, 3.63) is 83.4 Å². The number of aromatic nitrogens is 2. The smallest absolute Gasteiger partial charge is 0.253 e. The van der Waals surface area contributed by atoms with Crippen LogP contribution < -0.4 is 0 Å². The van der Waals surface area contributed by atoms with E-state index in [9.17, 15) is 9.90 Å². The van der Waals surface area contributed by atoms with Crippen molar-refractivity contribution in [3.63, 3.8) is 0 Å². The lowest BCUT2D eigenvalue weighted by Crippen LogP contribution is -2.47. The molecular formula is C28H26N4O2. The molecule has 6 rings (SSSR count). The van der Waals surface area contributed by atoms with E-state index in [-0.39, 0.29) is 11.7 Å². The second kappa shape index (κ2) is 8.15. The summed E-state index contributed by atoms with van der Waals surface area (Å²) in [5, 5.41) is 17.4. The maximum Gasteiger partial charge on any atom is 0.253 e. The molecule has 0 atom stereocenters. The van der Waals surface area contributed by atoms with Gasteiger partial charge < -0.3 is 14.9 Å². The number of nitrogens with one attached hydrogen (secondary N) is 1. The average molecular weight is 451 g/mol. The Labute approximate surface area is 198 Å². The van der Waals surface area contributed by atoms with Crippen LogP contribution >= 0.6 is 0 Å². The van der Waals surface area contributed by atoms with Gasteiger partial charge in [-0.2, -0.15) is 5.10 Å². The summed E-state index contributed by atoms with van der Waals surface area (Å²) < 4.78 is 0. The maximum absolute atomic E-state index is 13.0. The SMILES string of the molecule is CN1CCN(C(=O)c2ccc3c(c2)Cc2c(-c4ccc(-c5ccc(O)cc5)cc4)n[nH]c2-3)CC1. The molecule has 0 bridgehead atoms. The molecule has 0 unspecified atom stereocenters. The Bertz CT molecular complexity index is 1360. The summed E-state index contributed by atoms with van der Waals surface area (Å²) in [4.78, 5) is 17.3. The van der Waals surface area contributed by atoms with E-state index in [0.717, 1.165) is 71.8 Å². The zero-order valence-corrected chi connectivity index (χ0v) is 19.1. The molecule has 2 N–H and O–H groups in total. The molecular weight excluding hydrogens is 424 g/mol. The van der Waals surface area contributed by atoms with Crippen LogP contribution in [-0.2, 0) is 6.42 Å². The highest BCUT2D eigenvalue weighted by Crippen LogP contribution is 2.40. The molecule has 4 aromatic rings. The van der Waals surface area contributed by atoms with Crippen LogP contribution in [0.5, 0.6) is 5.75 Å². The predicted molar refractivity (Wildman–Crippen MR) is 133 cm³/mol. The first-order chi connectivity index (χ1) is 16.6. The van der Waals surface area contributed by atoms with Crippen molar-refractivity contribution in [3.8, 4) is 39.4 Å². The Morgan fingerprint density at radius 2 is 1.53 bits per heavy atom. The molecule has 1 amide bonds. The molecule has 1 aliphatic heterocycles. The predicted octanol–water partition coefficient (Wildman–Crippen LogP) is 4.41. The Kier molecular flexibility index (Phi) is 4.96. The summed E-state index contributed by atoms with van der Waals surface area (Å²) in [7, 11) is 2.09. The molecule has 1 fully saturated rings. The Morgan fingerprint density at radius 3 is 2.24 bits per heavy atom. The van der Waals surface area contributed by atoms with E-state index >= 15 is 0 Å². The molecule has 2 aliphatic rings. The largest absolute Gasteiger partial charge is 0.508 e. The molecule has 3 aromatic carbocycles. The first-order valence-electron chi connectivity index (χ1n) is 11.6. The lowest BCUT2D eigenvalue weighted by atomic mass is 10.0. The number of carbonyl (C=O) groups is 1. The molecule has 6 heteroatoms. The lowest BCUT2D eigenvalue weighted by molar-refractivity contribution is 0.0664. The molecule has 6 nitrogen and oxygen atoms in total. The second-order valence-electron chi connectivity index (χ2n) is 9.19. The number of aromatic hydroxyl groups is 1. The van der Waals surface area contributed by atoms with Crippen LogP contribution in [0.3, 0.4) is 0 Å². The summed E-state index contributed by atoms with van der Waals surface area (Å²) in [6.45, 7) is 3.39. The van der Waals surface area contributed by atoms with Crippen LogP contribution in [0.2, 0.25) is 0 Å². The zero-order chi connectivity index (χ0) is 23.2. The van der Waals surface area contributed by atoms with Gasteiger partial charge in [0.2, 0.25) is 0 Å². The second-order valence-corrected chi connectivity index (χ2v) is 9.19. The number of phenolic OH excluding ortho intramolecular Hbond substituents is 1. The summed E-state index contributed by atoms with van der Waals surface area (Å²) in [6, 6.07) is 21.6. The number of hydrogen-bond acceptors (Lipinski definition) is 4. The van der Waals surface area contributed by atoms with Gasteiger partial charge in [0.1, 0.15) is 5.75 Å². The number of likely N-dealkylation sites (N-methyl/N-ethyl adjacent to an activating group) is 1. The molecule has 170 valence electrons. The van der Waals surface area contributed by atoms with Crippen molar-refractivity contribution in [1.82, 2.24) is 20.0 Å². The summed E-state index contributed by atoms with van der Waals surface area (Å²) >= 11 is 0. The molecule has 1 aliphatic carbocycles. The van der Waals surface area contributed by atoms with Gasteiger partial charge in [-0.3, -0.25) is 9.89 Å². The van der Waals surface area contributed by atoms with Gasteiger partial charge in [-0.15, -0.1) is 0 Å². The van der Waals surface area contributed by atoms with Gasteiger partial charge in [0.05, 0.1) is 11.4 Å². The average Bonchev–Trinajstić information content (AvgIpc) is 3.43. The van der Waals surface area contributed by atoms with Crippen LogP contribution in [0.4, 0.5) is 0 Å². The van der Waals surface area contributed by atoms with E-state index in [1.165, 1.54) is 11.1 Å². The van der Waals surface area contributed by atoms with Crippen LogP contribution in [0.15, 0.2) is 66.7 Å². The van der Waals surface area contributed by atoms with Crippen molar-refractivity contribution in [1.29, 1.82) is 0 Å². The quantitative estimate of drug-likeness (QED) is 0.427. The highest BCUT2D eigenvalue weighted by Gasteiger charge is 2.27. The summed E-state index contributed by atoms with van der Waals surface area (Å²) in [5.41, 5.74) is 9.45. The number of amides is 1. The number of aromatic amines is 1. The van der Waals surface area contributed by atoms with E-state index in [2.05, 4.69) is 58.5 Å². The number of fused-ring (bicyclic) bond motifs is 3. The number of phenols is 1. The van der Waals surface area contributed by atoms with Crippen LogP contribution in [0.25, 0.3) is 33.6 Å². The third kappa shape index (κ3) is 3.56. The van der Waals surface area contributed by atoms with Crippen molar-refractivity contribution < 1.29 is 9.90 Å². The van der Waals surface area contributed by atoms with Gasteiger partial charge in [0.15, 0.2) is 0 Å².